The zero-order valence-corrected chi connectivity index (χ0v) is 16.0. The van der Waals surface area contributed by atoms with Gasteiger partial charge in [0.1, 0.15) is 31.8 Å². The minimum atomic E-state index is -1.02. The summed E-state index contributed by atoms with van der Waals surface area (Å²) in [7, 11) is 3.87. The molecular weight excluding hydrogens is 368 g/mol. The maximum absolute atomic E-state index is 12.0. The number of carbonyl (C=O) groups is 3. The molecule has 25 heavy (non-hydrogen) atoms. The molecule has 0 bridgehead atoms. The smallest absolute Gasteiger partial charge is 0.462 e. The van der Waals surface area contributed by atoms with E-state index < -0.39 is 17.5 Å². The molecule has 0 N–H and O–H groups in total. The van der Waals surface area contributed by atoms with Crippen LogP contribution in [0.25, 0.3) is 0 Å². The maximum Gasteiger partial charge on any atom is 0.508 e. The zero-order valence-electron chi connectivity index (χ0n) is 14.3. The first-order valence-electron chi connectivity index (χ1n) is 8.40. The molecule has 2 heterocycles. The van der Waals surface area contributed by atoms with Gasteiger partial charge < -0.3 is 18.9 Å². The molecule has 0 radical (unpaired) electrons. The molecule has 1 atom stereocenters. The highest BCUT2D eigenvalue weighted by atomic mass is 33.1. The quantitative estimate of drug-likeness (QED) is 0.254. The van der Waals surface area contributed by atoms with Gasteiger partial charge in [0.05, 0.1) is 0 Å². The molecule has 2 aliphatic rings. The Balaban J connectivity index is 1.49. The van der Waals surface area contributed by atoms with Gasteiger partial charge in [0.15, 0.2) is 0 Å². The first kappa shape index (κ1) is 20.2. The molecule has 0 amide bonds. The summed E-state index contributed by atoms with van der Waals surface area (Å²) in [6, 6.07) is 0. The first-order valence-corrected chi connectivity index (χ1v) is 10.8. The van der Waals surface area contributed by atoms with E-state index in [-0.39, 0.29) is 32.4 Å². The molecule has 0 saturated carbocycles. The van der Waals surface area contributed by atoms with Crippen LogP contribution < -0.4 is 0 Å². The first-order chi connectivity index (χ1) is 12.0. The molecule has 7 nitrogen and oxygen atoms in total. The standard InChI is InChI=1S/C16H24O7S2/c1-16(10-22-15(19)23-11-16)14(18)21-8-7-20-13(17)5-3-2-4-12-6-9-24-25-12/h12H,2-11H2,1H3. The van der Waals surface area contributed by atoms with Crippen LogP contribution in [0.4, 0.5) is 4.79 Å². The summed E-state index contributed by atoms with van der Waals surface area (Å²) in [6.45, 7) is 1.43. The van der Waals surface area contributed by atoms with Crippen molar-refractivity contribution in [3.8, 4) is 0 Å². The minimum Gasteiger partial charge on any atom is -0.462 e. The molecule has 0 aromatic heterocycles. The lowest BCUT2D eigenvalue weighted by molar-refractivity contribution is -0.169. The van der Waals surface area contributed by atoms with Crippen molar-refractivity contribution in [2.24, 2.45) is 5.41 Å². The van der Waals surface area contributed by atoms with Crippen LogP contribution in [0.15, 0.2) is 0 Å². The number of rotatable bonds is 9. The molecule has 2 saturated heterocycles. The van der Waals surface area contributed by atoms with Gasteiger partial charge in [-0.1, -0.05) is 28.0 Å². The highest BCUT2D eigenvalue weighted by molar-refractivity contribution is 8.77. The number of carbonyl (C=O) groups excluding carboxylic acids is 3. The van der Waals surface area contributed by atoms with Gasteiger partial charge in [-0.3, -0.25) is 9.59 Å². The lowest BCUT2D eigenvalue weighted by Crippen LogP contribution is -2.44. The molecule has 142 valence electrons. The lowest BCUT2D eigenvalue weighted by Gasteiger charge is -2.29. The Morgan fingerprint density at radius 1 is 1.20 bits per heavy atom. The third kappa shape index (κ3) is 6.97. The van der Waals surface area contributed by atoms with E-state index in [0.29, 0.717) is 6.42 Å². The van der Waals surface area contributed by atoms with Crippen molar-refractivity contribution in [3.05, 3.63) is 0 Å². The Labute approximate surface area is 155 Å². The summed E-state index contributed by atoms with van der Waals surface area (Å²) in [6.07, 6.45) is 3.85. The number of hydrogen-bond donors (Lipinski definition) is 0. The number of esters is 2. The summed E-state index contributed by atoms with van der Waals surface area (Å²) < 4.78 is 19.5. The average molecular weight is 392 g/mol. The van der Waals surface area contributed by atoms with Crippen molar-refractivity contribution in [2.45, 2.75) is 44.3 Å². The molecule has 2 aliphatic heterocycles. The van der Waals surface area contributed by atoms with Gasteiger partial charge >= 0.3 is 18.1 Å². The highest BCUT2D eigenvalue weighted by Crippen LogP contribution is 2.39. The average Bonchev–Trinajstić information content (AvgIpc) is 3.11. The van der Waals surface area contributed by atoms with Gasteiger partial charge in [-0.25, -0.2) is 4.79 Å². The molecule has 0 aromatic rings. The number of ether oxygens (including phenoxy) is 4. The summed E-state index contributed by atoms with van der Waals surface area (Å²) in [5.41, 5.74) is -1.02. The summed E-state index contributed by atoms with van der Waals surface area (Å²) >= 11 is 0. The summed E-state index contributed by atoms with van der Waals surface area (Å²) in [4.78, 5) is 34.4. The van der Waals surface area contributed by atoms with E-state index in [1.807, 2.05) is 21.6 Å². The Hall–Kier alpha value is -1.09. The van der Waals surface area contributed by atoms with Gasteiger partial charge in [0, 0.05) is 17.4 Å². The van der Waals surface area contributed by atoms with E-state index in [2.05, 4.69) is 0 Å². The second-order valence-corrected chi connectivity index (χ2v) is 9.11. The SMILES string of the molecule is CC1(C(=O)OCCOC(=O)CCCCC2CCSS2)COC(=O)OC1. The Morgan fingerprint density at radius 3 is 2.60 bits per heavy atom. The van der Waals surface area contributed by atoms with Crippen LogP contribution in [0.3, 0.4) is 0 Å². The van der Waals surface area contributed by atoms with Crippen molar-refractivity contribution in [1.29, 1.82) is 0 Å². The van der Waals surface area contributed by atoms with Crippen molar-refractivity contribution in [2.75, 3.05) is 32.2 Å². The fraction of sp³-hybridized carbons (Fsp3) is 0.812. The molecule has 9 heteroatoms. The van der Waals surface area contributed by atoms with Crippen LogP contribution in [0, 0.1) is 5.41 Å². The lowest BCUT2D eigenvalue weighted by atomic mass is 9.93. The van der Waals surface area contributed by atoms with E-state index in [0.717, 1.165) is 24.5 Å². The number of unbranched alkanes of at least 4 members (excludes halogenated alkanes) is 1. The second kappa shape index (κ2) is 10.2. The molecular formula is C16H24O7S2. The van der Waals surface area contributed by atoms with E-state index in [1.165, 1.54) is 12.2 Å². The fourth-order valence-electron chi connectivity index (χ4n) is 2.38. The van der Waals surface area contributed by atoms with Crippen LogP contribution >= 0.6 is 21.6 Å². The van der Waals surface area contributed by atoms with Crippen LogP contribution in [0.5, 0.6) is 0 Å². The molecule has 0 aromatic carbocycles. The summed E-state index contributed by atoms with van der Waals surface area (Å²) in [5.74, 6) is 0.414. The van der Waals surface area contributed by atoms with Gasteiger partial charge in [0.2, 0.25) is 0 Å². The van der Waals surface area contributed by atoms with E-state index in [9.17, 15) is 14.4 Å². The predicted molar refractivity (Wildman–Crippen MR) is 94.2 cm³/mol. The molecule has 2 rings (SSSR count). The van der Waals surface area contributed by atoms with Crippen LogP contribution in [-0.2, 0) is 28.5 Å². The third-order valence-corrected chi connectivity index (χ3v) is 6.98. The van der Waals surface area contributed by atoms with E-state index >= 15 is 0 Å². The summed E-state index contributed by atoms with van der Waals surface area (Å²) in [5, 5.41) is 0.727. The van der Waals surface area contributed by atoms with E-state index in [1.54, 1.807) is 6.92 Å². The van der Waals surface area contributed by atoms with Crippen LogP contribution in [0.2, 0.25) is 0 Å². The third-order valence-electron chi connectivity index (χ3n) is 3.97. The molecule has 0 spiro atoms. The Bertz CT molecular complexity index is 467. The Kier molecular flexibility index (Phi) is 8.21. The topological polar surface area (TPSA) is 88.1 Å². The Morgan fingerprint density at radius 2 is 1.92 bits per heavy atom. The van der Waals surface area contributed by atoms with Crippen molar-refractivity contribution >= 4 is 39.7 Å². The highest BCUT2D eigenvalue weighted by Gasteiger charge is 2.41. The van der Waals surface area contributed by atoms with Gasteiger partial charge in [0.25, 0.3) is 0 Å². The van der Waals surface area contributed by atoms with Crippen molar-refractivity contribution in [3.63, 3.8) is 0 Å². The monoisotopic (exact) mass is 392 g/mol. The maximum atomic E-state index is 12.0. The number of hydrogen-bond acceptors (Lipinski definition) is 9. The zero-order chi connectivity index (χ0) is 18.1. The van der Waals surface area contributed by atoms with Gasteiger partial charge in [-0.15, -0.1) is 0 Å². The fourth-order valence-corrected chi connectivity index (χ4v) is 5.41. The van der Waals surface area contributed by atoms with E-state index in [4.69, 9.17) is 18.9 Å². The van der Waals surface area contributed by atoms with Crippen molar-refractivity contribution < 1.29 is 33.3 Å². The molecule has 1 unspecified atom stereocenters. The van der Waals surface area contributed by atoms with Crippen LogP contribution in [-0.4, -0.2) is 55.5 Å². The molecule has 0 aliphatic carbocycles. The minimum absolute atomic E-state index is 0.0238. The van der Waals surface area contributed by atoms with Gasteiger partial charge in [-0.2, -0.15) is 0 Å². The normalized spacial score (nSPS) is 22.0. The molecule has 2 fully saturated rings. The van der Waals surface area contributed by atoms with Crippen molar-refractivity contribution in [1.82, 2.24) is 0 Å². The predicted octanol–water partition coefficient (Wildman–Crippen LogP) is 2.96. The second-order valence-electron chi connectivity index (χ2n) is 6.32. The number of cyclic esters (lactones) is 2. The van der Waals surface area contributed by atoms with Gasteiger partial charge in [-0.05, 0) is 26.2 Å². The van der Waals surface area contributed by atoms with Crippen LogP contribution in [0.1, 0.15) is 39.0 Å². The largest absolute Gasteiger partial charge is 0.508 e.